The Morgan fingerprint density at radius 3 is 3.05 bits per heavy atom. The van der Waals surface area contributed by atoms with Crippen molar-refractivity contribution in [3.05, 3.63) is 27.8 Å². The summed E-state index contributed by atoms with van der Waals surface area (Å²) in [5.74, 6) is -0.134. The van der Waals surface area contributed by atoms with Crippen LogP contribution in [0.4, 0.5) is 5.69 Å². The Morgan fingerprint density at radius 1 is 1.50 bits per heavy atom. The molecule has 1 heterocycles. The molecular formula is C13H16IN3O3. The highest BCUT2D eigenvalue weighted by atomic mass is 127. The van der Waals surface area contributed by atoms with Crippen molar-refractivity contribution in [2.45, 2.75) is 12.8 Å². The average molecular weight is 389 g/mol. The van der Waals surface area contributed by atoms with Gasteiger partial charge in [-0.05, 0) is 41.1 Å². The van der Waals surface area contributed by atoms with Gasteiger partial charge in [-0.15, -0.1) is 0 Å². The number of halogens is 1. The molecule has 1 aliphatic heterocycles. The number of para-hydroxylation sites is 1. The molecule has 1 aromatic carbocycles. The molecule has 20 heavy (non-hydrogen) atoms. The molecule has 0 atom stereocenters. The predicted octanol–water partition coefficient (Wildman–Crippen LogP) is 2.17. The van der Waals surface area contributed by atoms with Gasteiger partial charge in [-0.1, -0.05) is 12.1 Å². The first-order valence-electron chi connectivity index (χ1n) is 6.35. The van der Waals surface area contributed by atoms with Crippen LogP contribution in [0.2, 0.25) is 0 Å². The molecule has 0 saturated carbocycles. The number of carboxylic acids is 1. The van der Waals surface area contributed by atoms with Crippen LogP contribution < -0.4 is 5.32 Å². The molecule has 0 saturated heterocycles. The number of aliphatic imine (C=N–C) groups is 1. The number of carbonyl (C=O) groups is 1. The van der Waals surface area contributed by atoms with E-state index in [-0.39, 0.29) is 6.42 Å². The number of aliphatic carboxylic acids is 1. The SMILES string of the molecule is O=C(O)CCCON1CCN=C1Nc1ccccc1I. The number of guanidine groups is 1. The van der Waals surface area contributed by atoms with Crippen molar-refractivity contribution >= 4 is 40.2 Å². The fourth-order valence-corrected chi connectivity index (χ4v) is 2.26. The number of nitrogens with one attached hydrogen (secondary N) is 1. The van der Waals surface area contributed by atoms with Gasteiger partial charge in [0.2, 0.25) is 5.96 Å². The molecule has 0 radical (unpaired) electrons. The Labute approximate surface area is 130 Å². The van der Waals surface area contributed by atoms with Crippen molar-refractivity contribution in [1.29, 1.82) is 0 Å². The molecule has 108 valence electrons. The zero-order valence-corrected chi connectivity index (χ0v) is 13.0. The van der Waals surface area contributed by atoms with Crippen molar-refractivity contribution in [1.82, 2.24) is 5.06 Å². The highest BCUT2D eigenvalue weighted by Crippen LogP contribution is 2.18. The molecule has 6 nitrogen and oxygen atoms in total. The van der Waals surface area contributed by atoms with E-state index < -0.39 is 5.97 Å². The van der Waals surface area contributed by atoms with E-state index in [4.69, 9.17) is 9.94 Å². The molecule has 0 bridgehead atoms. The second-order valence-corrected chi connectivity index (χ2v) is 5.40. The second-order valence-electron chi connectivity index (χ2n) is 4.24. The Bertz CT molecular complexity index is 507. The van der Waals surface area contributed by atoms with E-state index in [0.717, 1.165) is 9.26 Å². The smallest absolute Gasteiger partial charge is 0.303 e. The molecule has 0 amide bonds. The highest BCUT2D eigenvalue weighted by molar-refractivity contribution is 14.1. The lowest BCUT2D eigenvalue weighted by molar-refractivity contribution is -0.138. The molecule has 0 fully saturated rings. The summed E-state index contributed by atoms with van der Waals surface area (Å²) < 4.78 is 1.10. The van der Waals surface area contributed by atoms with Crippen LogP contribution in [0.3, 0.4) is 0 Å². The van der Waals surface area contributed by atoms with Crippen molar-refractivity contribution in [3.8, 4) is 0 Å². The predicted molar refractivity (Wildman–Crippen MR) is 84.6 cm³/mol. The van der Waals surface area contributed by atoms with Crippen molar-refractivity contribution < 1.29 is 14.7 Å². The molecule has 2 rings (SSSR count). The highest BCUT2D eigenvalue weighted by Gasteiger charge is 2.18. The maximum Gasteiger partial charge on any atom is 0.303 e. The number of rotatable bonds is 6. The first-order chi connectivity index (χ1) is 9.66. The normalized spacial score (nSPS) is 14.2. The third kappa shape index (κ3) is 4.34. The summed E-state index contributed by atoms with van der Waals surface area (Å²) >= 11 is 2.25. The topological polar surface area (TPSA) is 74.2 Å². The van der Waals surface area contributed by atoms with E-state index in [1.54, 1.807) is 5.06 Å². The number of hydroxylamine groups is 2. The average Bonchev–Trinajstić information content (AvgIpc) is 2.85. The van der Waals surface area contributed by atoms with E-state index in [9.17, 15) is 4.79 Å². The molecule has 0 spiro atoms. The molecule has 7 heteroatoms. The largest absolute Gasteiger partial charge is 0.481 e. The summed E-state index contributed by atoms with van der Waals surface area (Å²) in [6.07, 6.45) is 0.603. The van der Waals surface area contributed by atoms with Crippen LogP contribution in [-0.4, -0.2) is 41.8 Å². The summed E-state index contributed by atoms with van der Waals surface area (Å²) in [5.41, 5.74) is 0.980. The Balaban J connectivity index is 1.85. The maximum absolute atomic E-state index is 10.4. The van der Waals surface area contributed by atoms with E-state index >= 15 is 0 Å². The number of nitrogens with zero attached hydrogens (tertiary/aromatic N) is 2. The van der Waals surface area contributed by atoms with Crippen LogP contribution in [0.15, 0.2) is 29.3 Å². The summed E-state index contributed by atoms with van der Waals surface area (Å²) in [7, 11) is 0. The van der Waals surface area contributed by atoms with Gasteiger partial charge in [-0.25, -0.2) is 10.1 Å². The monoisotopic (exact) mass is 389 g/mol. The Morgan fingerprint density at radius 2 is 2.30 bits per heavy atom. The minimum Gasteiger partial charge on any atom is -0.481 e. The van der Waals surface area contributed by atoms with Gasteiger partial charge in [0.05, 0.1) is 25.4 Å². The fourth-order valence-electron chi connectivity index (χ4n) is 1.74. The summed E-state index contributed by atoms with van der Waals surface area (Å²) in [6.45, 7) is 1.72. The molecule has 0 aliphatic carbocycles. The summed E-state index contributed by atoms with van der Waals surface area (Å²) in [4.78, 5) is 20.3. The van der Waals surface area contributed by atoms with E-state index in [0.29, 0.717) is 32.1 Å². The van der Waals surface area contributed by atoms with Crippen LogP contribution in [0.1, 0.15) is 12.8 Å². The lowest BCUT2D eigenvalue weighted by Crippen LogP contribution is -2.33. The number of benzene rings is 1. The lowest BCUT2D eigenvalue weighted by atomic mass is 10.3. The fraction of sp³-hybridized carbons (Fsp3) is 0.385. The molecular weight excluding hydrogens is 373 g/mol. The van der Waals surface area contributed by atoms with Crippen molar-refractivity contribution in [2.75, 3.05) is 25.0 Å². The van der Waals surface area contributed by atoms with Gasteiger partial charge in [-0.3, -0.25) is 9.63 Å². The third-order valence-electron chi connectivity index (χ3n) is 2.70. The van der Waals surface area contributed by atoms with Crippen LogP contribution in [0, 0.1) is 3.57 Å². The van der Waals surface area contributed by atoms with Gasteiger partial charge < -0.3 is 10.4 Å². The molecule has 0 aromatic heterocycles. The molecule has 0 unspecified atom stereocenters. The van der Waals surface area contributed by atoms with Crippen LogP contribution in [-0.2, 0) is 9.63 Å². The number of hydrogen-bond acceptors (Lipinski definition) is 5. The first kappa shape index (κ1) is 15.0. The first-order valence-corrected chi connectivity index (χ1v) is 7.43. The van der Waals surface area contributed by atoms with Crippen LogP contribution in [0.25, 0.3) is 0 Å². The Hall–Kier alpha value is -1.35. The van der Waals surface area contributed by atoms with Gasteiger partial charge in [0.1, 0.15) is 0 Å². The zero-order valence-electron chi connectivity index (χ0n) is 10.9. The maximum atomic E-state index is 10.4. The van der Waals surface area contributed by atoms with E-state index in [1.165, 1.54) is 0 Å². The molecule has 1 aliphatic rings. The van der Waals surface area contributed by atoms with E-state index in [2.05, 4.69) is 32.9 Å². The zero-order chi connectivity index (χ0) is 14.4. The standard InChI is InChI=1S/C13H16IN3O3/c14-10-4-1-2-5-11(10)16-13-15-7-8-17(13)20-9-3-6-12(18)19/h1-2,4-5H,3,6-9H2,(H,15,16)(H,18,19). The number of anilines is 1. The van der Waals surface area contributed by atoms with Gasteiger partial charge in [0.25, 0.3) is 0 Å². The van der Waals surface area contributed by atoms with Gasteiger partial charge in [0, 0.05) is 9.99 Å². The quantitative estimate of drug-likeness (QED) is 0.577. The summed E-state index contributed by atoms with van der Waals surface area (Å²) in [6, 6.07) is 7.92. The Kier molecular flexibility index (Phi) is 5.60. The van der Waals surface area contributed by atoms with Crippen LogP contribution in [0.5, 0.6) is 0 Å². The van der Waals surface area contributed by atoms with Gasteiger partial charge >= 0.3 is 5.97 Å². The molecule has 1 aromatic rings. The minimum absolute atomic E-state index is 0.115. The third-order valence-corrected chi connectivity index (χ3v) is 3.64. The van der Waals surface area contributed by atoms with Crippen molar-refractivity contribution in [3.63, 3.8) is 0 Å². The van der Waals surface area contributed by atoms with Gasteiger partial charge in [0.15, 0.2) is 0 Å². The summed E-state index contributed by atoms with van der Waals surface area (Å²) in [5, 5.41) is 13.5. The number of carboxylic acid groups (broad SMARTS) is 1. The van der Waals surface area contributed by atoms with Crippen molar-refractivity contribution in [2.24, 2.45) is 4.99 Å². The van der Waals surface area contributed by atoms with Crippen LogP contribution >= 0.6 is 22.6 Å². The number of hydrogen-bond donors (Lipinski definition) is 2. The molecule has 2 N–H and O–H groups in total. The lowest BCUT2D eigenvalue weighted by Gasteiger charge is -2.20. The second kappa shape index (κ2) is 7.44. The van der Waals surface area contributed by atoms with E-state index in [1.807, 2.05) is 24.3 Å². The minimum atomic E-state index is -0.805. The van der Waals surface area contributed by atoms with Gasteiger partial charge in [-0.2, -0.15) is 0 Å².